The highest BCUT2D eigenvalue weighted by atomic mass is 32.1. The first-order valence-electron chi connectivity index (χ1n) is 8.50. The number of hydrogen-bond acceptors (Lipinski definition) is 3. The minimum atomic E-state index is 1.09. The largest absolute Gasteiger partial charge is 0.301 e. The lowest BCUT2D eigenvalue weighted by atomic mass is 10.0. The van der Waals surface area contributed by atoms with E-state index in [-0.39, 0.29) is 0 Å². The van der Waals surface area contributed by atoms with Crippen molar-refractivity contribution in [3.8, 4) is 9.75 Å². The Bertz CT molecular complexity index is 966. The zero-order valence-corrected chi connectivity index (χ0v) is 15.3. The summed E-state index contributed by atoms with van der Waals surface area (Å²) in [5.41, 5.74) is 5.47. The van der Waals surface area contributed by atoms with Crippen LogP contribution in [0.4, 0.5) is 16.4 Å². The SMILES string of the molecule is c1csc(-c2ccc(N3c4ccccc4CCc4ccccc43)s2)c1. The smallest absolute Gasteiger partial charge is 0.101 e. The number of thiophene rings is 2. The van der Waals surface area contributed by atoms with E-state index in [4.69, 9.17) is 0 Å². The van der Waals surface area contributed by atoms with E-state index in [1.807, 2.05) is 11.3 Å². The Balaban J connectivity index is 1.70. The van der Waals surface area contributed by atoms with Crippen molar-refractivity contribution in [2.24, 2.45) is 0 Å². The molecule has 5 rings (SSSR count). The zero-order valence-electron chi connectivity index (χ0n) is 13.7. The molecule has 0 saturated heterocycles. The number of fused-ring (bicyclic) bond motifs is 2. The maximum absolute atomic E-state index is 2.44. The van der Waals surface area contributed by atoms with Gasteiger partial charge in [0.2, 0.25) is 0 Å². The second-order valence-corrected chi connectivity index (χ2v) is 8.22. The van der Waals surface area contributed by atoms with E-state index in [0.717, 1.165) is 12.8 Å². The molecule has 0 fully saturated rings. The van der Waals surface area contributed by atoms with Crippen molar-refractivity contribution in [1.82, 2.24) is 0 Å². The molecule has 0 spiro atoms. The van der Waals surface area contributed by atoms with E-state index >= 15 is 0 Å². The maximum atomic E-state index is 2.44. The van der Waals surface area contributed by atoms with E-state index < -0.39 is 0 Å². The topological polar surface area (TPSA) is 3.24 Å². The van der Waals surface area contributed by atoms with Crippen LogP contribution in [0, 0.1) is 0 Å². The molecule has 0 aliphatic carbocycles. The molecule has 0 bridgehead atoms. The van der Waals surface area contributed by atoms with Crippen LogP contribution in [0.1, 0.15) is 11.1 Å². The number of nitrogens with zero attached hydrogens (tertiary/aromatic N) is 1. The minimum absolute atomic E-state index is 1.09. The average molecular weight is 360 g/mol. The lowest BCUT2D eigenvalue weighted by Gasteiger charge is -2.25. The molecule has 0 N–H and O–H groups in total. The van der Waals surface area contributed by atoms with Crippen molar-refractivity contribution in [2.45, 2.75) is 12.8 Å². The van der Waals surface area contributed by atoms with Crippen molar-refractivity contribution in [1.29, 1.82) is 0 Å². The van der Waals surface area contributed by atoms with Gasteiger partial charge in [0, 0.05) is 9.75 Å². The third-order valence-electron chi connectivity index (χ3n) is 4.70. The van der Waals surface area contributed by atoms with E-state index in [2.05, 4.69) is 83.1 Å². The predicted octanol–water partition coefficient (Wildman–Crippen LogP) is 7.05. The molecule has 4 aromatic rings. The highest BCUT2D eigenvalue weighted by Crippen LogP contribution is 2.46. The molecule has 2 aromatic carbocycles. The maximum Gasteiger partial charge on any atom is 0.101 e. The fourth-order valence-electron chi connectivity index (χ4n) is 3.52. The minimum Gasteiger partial charge on any atom is -0.301 e. The van der Waals surface area contributed by atoms with Gasteiger partial charge in [0.15, 0.2) is 0 Å². The molecule has 1 aliphatic heterocycles. The lowest BCUT2D eigenvalue weighted by Crippen LogP contribution is -2.09. The standard InChI is InChI=1S/C22H17NS2/c1-3-8-18-16(6-1)11-12-17-7-2-4-9-19(17)23(18)22-14-13-21(25-22)20-10-5-15-24-20/h1-10,13-15H,11-12H2. The number of rotatable bonds is 2. The molecular formula is C22H17NS2. The first-order chi connectivity index (χ1) is 12.4. The van der Waals surface area contributed by atoms with Gasteiger partial charge >= 0.3 is 0 Å². The molecule has 1 nitrogen and oxygen atoms in total. The van der Waals surface area contributed by atoms with Crippen molar-refractivity contribution < 1.29 is 0 Å². The van der Waals surface area contributed by atoms with Gasteiger partial charge in [-0.3, -0.25) is 0 Å². The van der Waals surface area contributed by atoms with Crippen LogP contribution in [0.15, 0.2) is 78.2 Å². The Hall–Kier alpha value is -2.36. The summed E-state index contributed by atoms with van der Waals surface area (Å²) in [6, 6.07) is 26.5. The lowest BCUT2D eigenvalue weighted by molar-refractivity contribution is 0.977. The second kappa shape index (κ2) is 6.17. The van der Waals surface area contributed by atoms with Gasteiger partial charge in [0.05, 0.1) is 11.4 Å². The molecule has 25 heavy (non-hydrogen) atoms. The highest BCUT2D eigenvalue weighted by molar-refractivity contribution is 7.23. The molecule has 0 saturated carbocycles. The van der Waals surface area contributed by atoms with Gasteiger partial charge in [-0.05, 0) is 59.7 Å². The molecule has 0 radical (unpaired) electrons. The van der Waals surface area contributed by atoms with Gasteiger partial charge in [0.25, 0.3) is 0 Å². The van der Waals surface area contributed by atoms with Gasteiger partial charge < -0.3 is 4.90 Å². The number of aryl methyl sites for hydroxylation is 2. The molecule has 3 heteroatoms. The molecule has 3 heterocycles. The Labute approximate surface area is 155 Å². The van der Waals surface area contributed by atoms with Crippen LogP contribution in [-0.2, 0) is 12.8 Å². The summed E-state index contributed by atoms with van der Waals surface area (Å²) in [6.45, 7) is 0. The molecule has 2 aromatic heterocycles. The number of benzene rings is 2. The third-order valence-corrected chi connectivity index (χ3v) is 6.84. The van der Waals surface area contributed by atoms with Gasteiger partial charge in [-0.2, -0.15) is 0 Å². The highest BCUT2D eigenvalue weighted by Gasteiger charge is 2.22. The summed E-state index contributed by atoms with van der Waals surface area (Å²) >= 11 is 3.67. The van der Waals surface area contributed by atoms with Gasteiger partial charge in [-0.1, -0.05) is 42.5 Å². The number of para-hydroxylation sites is 2. The summed E-state index contributed by atoms with van der Waals surface area (Å²) in [6.07, 6.45) is 2.18. The molecule has 122 valence electrons. The van der Waals surface area contributed by atoms with Crippen LogP contribution in [0.25, 0.3) is 9.75 Å². The Morgan fingerprint density at radius 1 is 0.640 bits per heavy atom. The second-order valence-electron chi connectivity index (χ2n) is 6.21. The van der Waals surface area contributed by atoms with E-state index in [9.17, 15) is 0 Å². The van der Waals surface area contributed by atoms with Crippen LogP contribution < -0.4 is 4.90 Å². The Morgan fingerprint density at radius 3 is 1.96 bits per heavy atom. The predicted molar refractivity (Wildman–Crippen MR) is 110 cm³/mol. The molecule has 0 atom stereocenters. The van der Waals surface area contributed by atoms with Crippen LogP contribution in [0.3, 0.4) is 0 Å². The van der Waals surface area contributed by atoms with Crippen LogP contribution in [-0.4, -0.2) is 0 Å². The summed E-state index contributed by atoms with van der Waals surface area (Å²) in [4.78, 5) is 5.12. The molecule has 0 unspecified atom stereocenters. The number of hydrogen-bond donors (Lipinski definition) is 0. The Morgan fingerprint density at radius 2 is 1.32 bits per heavy atom. The summed E-state index contributed by atoms with van der Waals surface area (Å²) in [5, 5.41) is 3.43. The van der Waals surface area contributed by atoms with Gasteiger partial charge in [-0.25, -0.2) is 0 Å². The van der Waals surface area contributed by atoms with Crippen molar-refractivity contribution in [3.05, 3.63) is 89.3 Å². The fourth-order valence-corrected chi connectivity index (χ4v) is 5.38. The van der Waals surface area contributed by atoms with Crippen LogP contribution in [0.5, 0.6) is 0 Å². The first-order valence-corrected chi connectivity index (χ1v) is 10.2. The molecular weight excluding hydrogens is 342 g/mol. The molecule has 1 aliphatic rings. The number of anilines is 3. The van der Waals surface area contributed by atoms with Crippen LogP contribution in [0.2, 0.25) is 0 Å². The summed E-state index contributed by atoms with van der Waals surface area (Å²) < 4.78 is 0. The Kier molecular flexibility index (Phi) is 3.69. The van der Waals surface area contributed by atoms with E-state index in [1.54, 1.807) is 11.3 Å². The fraction of sp³-hybridized carbons (Fsp3) is 0.0909. The van der Waals surface area contributed by atoms with Gasteiger partial charge in [0.1, 0.15) is 5.00 Å². The summed E-state index contributed by atoms with van der Waals surface area (Å²) in [7, 11) is 0. The van der Waals surface area contributed by atoms with E-state index in [1.165, 1.54) is 37.3 Å². The quantitative estimate of drug-likeness (QED) is 0.371. The first kappa shape index (κ1) is 14.9. The normalized spacial score (nSPS) is 13.2. The monoisotopic (exact) mass is 359 g/mol. The van der Waals surface area contributed by atoms with E-state index in [0.29, 0.717) is 0 Å². The zero-order chi connectivity index (χ0) is 16.6. The van der Waals surface area contributed by atoms with Crippen molar-refractivity contribution >= 4 is 39.0 Å². The average Bonchev–Trinajstić information content (AvgIpc) is 3.31. The summed E-state index contributed by atoms with van der Waals surface area (Å²) in [5.74, 6) is 0. The van der Waals surface area contributed by atoms with Gasteiger partial charge in [-0.15, -0.1) is 22.7 Å². The molecule has 0 amide bonds. The van der Waals surface area contributed by atoms with Crippen molar-refractivity contribution in [2.75, 3.05) is 4.90 Å². The third kappa shape index (κ3) is 2.60. The van der Waals surface area contributed by atoms with Crippen molar-refractivity contribution in [3.63, 3.8) is 0 Å². The van der Waals surface area contributed by atoms with Crippen LogP contribution >= 0.6 is 22.7 Å².